The molecule has 2 unspecified atom stereocenters. The van der Waals surface area contributed by atoms with E-state index in [1.54, 1.807) is 0 Å². The molecule has 58 valence electrons. The van der Waals surface area contributed by atoms with Crippen LogP contribution in [0.25, 0.3) is 0 Å². The van der Waals surface area contributed by atoms with Crippen LogP contribution in [-0.2, 0) is 0 Å². The summed E-state index contributed by atoms with van der Waals surface area (Å²) in [7, 11) is 0. The van der Waals surface area contributed by atoms with Gasteiger partial charge in [0.1, 0.15) is 6.71 Å². The second-order valence-corrected chi connectivity index (χ2v) is 4.17. The summed E-state index contributed by atoms with van der Waals surface area (Å²) in [5, 5.41) is 0. The first kappa shape index (κ1) is 8.16. The molecule has 1 heterocycles. The molecule has 0 N–H and O–H groups in total. The van der Waals surface area contributed by atoms with Crippen LogP contribution in [0.15, 0.2) is 0 Å². The van der Waals surface area contributed by atoms with Gasteiger partial charge in [-0.25, -0.2) is 0 Å². The zero-order chi connectivity index (χ0) is 7.72. The third-order valence-electron chi connectivity index (χ3n) is 3.23. The first-order valence-corrected chi connectivity index (χ1v) is 4.66. The highest BCUT2D eigenvalue weighted by molar-refractivity contribution is 6.73. The van der Waals surface area contributed by atoms with Crippen LogP contribution < -0.4 is 0 Å². The molecule has 2 atom stereocenters. The Labute approximate surface area is 65.5 Å². The molecule has 1 aliphatic rings. The van der Waals surface area contributed by atoms with Crippen LogP contribution in [0, 0.1) is 5.92 Å². The average Bonchev–Trinajstić information content (AvgIpc) is 2.64. The molecule has 1 fully saturated rings. The summed E-state index contributed by atoms with van der Waals surface area (Å²) in [5.41, 5.74) is 0. The lowest BCUT2D eigenvalue weighted by atomic mass is 9.52. The highest BCUT2D eigenvalue weighted by atomic mass is 14.2. The molecule has 0 bridgehead atoms. The van der Waals surface area contributed by atoms with Crippen LogP contribution in [0.4, 0.5) is 0 Å². The molecular weight excluding hydrogens is 119 g/mol. The summed E-state index contributed by atoms with van der Waals surface area (Å²) in [6.07, 6.45) is 2.91. The van der Waals surface area contributed by atoms with Gasteiger partial charge in [-0.15, -0.1) is 0 Å². The van der Waals surface area contributed by atoms with Gasteiger partial charge in [-0.05, 0) is 0 Å². The number of rotatable bonds is 3. The van der Waals surface area contributed by atoms with Crippen molar-refractivity contribution in [3.8, 4) is 0 Å². The van der Waals surface area contributed by atoms with Crippen LogP contribution in [0.2, 0.25) is 18.0 Å². The van der Waals surface area contributed by atoms with E-state index in [0.717, 1.165) is 24.3 Å². The fourth-order valence-corrected chi connectivity index (χ4v) is 1.88. The van der Waals surface area contributed by atoms with Gasteiger partial charge in [0.2, 0.25) is 0 Å². The number of hydrogen-bond donors (Lipinski definition) is 0. The molecule has 0 spiro atoms. The lowest BCUT2D eigenvalue weighted by Crippen LogP contribution is -2.07. The van der Waals surface area contributed by atoms with Gasteiger partial charge in [0.15, 0.2) is 0 Å². The maximum Gasteiger partial charge on any atom is 0.145 e. The van der Waals surface area contributed by atoms with Gasteiger partial charge < -0.3 is 0 Å². The van der Waals surface area contributed by atoms with Crippen molar-refractivity contribution in [1.82, 2.24) is 0 Å². The third-order valence-corrected chi connectivity index (χ3v) is 3.23. The van der Waals surface area contributed by atoms with Crippen LogP contribution >= 0.6 is 0 Å². The van der Waals surface area contributed by atoms with Crippen molar-refractivity contribution in [2.75, 3.05) is 0 Å². The fourth-order valence-electron chi connectivity index (χ4n) is 1.88. The molecule has 1 rings (SSSR count). The molecule has 0 amide bonds. The molecule has 0 aromatic heterocycles. The van der Waals surface area contributed by atoms with E-state index >= 15 is 0 Å². The van der Waals surface area contributed by atoms with Gasteiger partial charge in [-0.2, -0.15) is 0 Å². The lowest BCUT2D eigenvalue weighted by molar-refractivity contribution is 0.616. The van der Waals surface area contributed by atoms with Crippen molar-refractivity contribution in [3.05, 3.63) is 0 Å². The predicted octanol–water partition coefficient (Wildman–Crippen LogP) is 3.32. The highest BCUT2D eigenvalue weighted by Gasteiger charge is 2.43. The Morgan fingerprint density at radius 3 is 2.30 bits per heavy atom. The Kier molecular flexibility index (Phi) is 2.43. The molecule has 1 heteroatoms. The van der Waals surface area contributed by atoms with Crippen molar-refractivity contribution >= 4 is 6.71 Å². The van der Waals surface area contributed by atoms with Gasteiger partial charge in [-0.3, -0.25) is 0 Å². The van der Waals surface area contributed by atoms with Crippen LogP contribution in [0.1, 0.15) is 34.1 Å². The molecule has 1 aliphatic heterocycles. The molecule has 0 nitrogen and oxygen atoms in total. The maximum absolute atomic E-state index is 2.41. The largest absolute Gasteiger partial charge is 0.145 e. The van der Waals surface area contributed by atoms with Gasteiger partial charge in [-0.1, -0.05) is 58.0 Å². The third kappa shape index (κ3) is 1.56. The molecular formula is C9H19B. The average molecular weight is 138 g/mol. The van der Waals surface area contributed by atoms with Crippen LogP contribution in [0.3, 0.4) is 0 Å². The Hall–Kier alpha value is 0.0649. The molecule has 1 saturated heterocycles. The Balaban J connectivity index is 2.25. The standard InChI is InChI=1S/C9H19B/c1-5-9-6-10(9)8(4)7(2)3/h7-9H,5-6H2,1-4H3. The van der Waals surface area contributed by atoms with E-state index in [0.29, 0.717) is 0 Å². The second kappa shape index (κ2) is 2.98. The van der Waals surface area contributed by atoms with Gasteiger partial charge in [0, 0.05) is 0 Å². The molecule has 0 saturated carbocycles. The van der Waals surface area contributed by atoms with E-state index in [1.807, 2.05) is 0 Å². The van der Waals surface area contributed by atoms with Crippen molar-refractivity contribution in [2.45, 2.75) is 52.1 Å². The summed E-state index contributed by atoms with van der Waals surface area (Å²) in [4.78, 5) is 0. The smallest absolute Gasteiger partial charge is 0.0774 e. The summed E-state index contributed by atoms with van der Waals surface area (Å²) in [6, 6.07) is 0. The minimum Gasteiger partial charge on any atom is -0.0774 e. The molecule has 0 aromatic carbocycles. The monoisotopic (exact) mass is 138 g/mol. The van der Waals surface area contributed by atoms with E-state index in [2.05, 4.69) is 27.7 Å². The van der Waals surface area contributed by atoms with Crippen molar-refractivity contribution in [3.63, 3.8) is 0 Å². The summed E-state index contributed by atoms with van der Waals surface area (Å²) in [6.45, 7) is 10.5. The van der Waals surface area contributed by atoms with Gasteiger partial charge in [0.05, 0.1) is 0 Å². The SMILES string of the molecule is CCC1CB1C(C)C(C)C. The minimum atomic E-state index is 0.890. The lowest BCUT2D eigenvalue weighted by Gasteiger charge is -2.12. The van der Waals surface area contributed by atoms with Crippen molar-refractivity contribution in [2.24, 2.45) is 5.92 Å². The molecule has 0 aromatic rings. The van der Waals surface area contributed by atoms with E-state index in [4.69, 9.17) is 0 Å². The maximum atomic E-state index is 2.41. The predicted molar refractivity (Wildman–Crippen MR) is 48.9 cm³/mol. The van der Waals surface area contributed by atoms with E-state index in [1.165, 1.54) is 12.7 Å². The normalized spacial score (nSPS) is 27.3. The molecule has 10 heavy (non-hydrogen) atoms. The Bertz CT molecular complexity index is 109. The van der Waals surface area contributed by atoms with Crippen molar-refractivity contribution < 1.29 is 0 Å². The summed E-state index contributed by atoms with van der Waals surface area (Å²) >= 11 is 0. The quantitative estimate of drug-likeness (QED) is 0.524. The fraction of sp³-hybridized carbons (Fsp3) is 1.00. The molecule has 0 radical (unpaired) electrons. The van der Waals surface area contributed by atoms with E-state index in [9.17, 15) is 0 Å². The first-order valence-electron chi connectivity index (χ1n) is 4.66. The van der Waals surface area contributed by atoms with Crippen molar-refractivity contribution in [1.29, 1.82) is 0 Å². The molecule has 0 aliphatic carbocycles. The summed E-state index contributed by atoms with van der Waals surface area (Å²) in [5.74, 6) is 2.93. The van der Waals surface area contributed by atoms with Gasteiger partial charge in [0.25, 0.3) is 0 Å². The zero-order valence-electron chi connectivity index (χ0n) is 7.72. The summed E-state index contributed by atoms with van der Waals surface area (Å²) < 4.78 is 0. The minimum absolute atomic E-state index is 0.890. The van der Waals surface area contributed by atoms with Crippen LogP contribution in [0.5, 0.6) is 0 Å². The second-order valence-electron chi connectivity index (χ2n) is 4.17. The van der Waals surface area contributed by atoms with Crippen LogP contribution in [-0.4, -0.2) is 6.71 Å². The highest BCUT2D eigenvalue weighted by Crippen LogP contribution is 2.48. The van der Waals surface area contributed by atoms with Gasteiger partial charge >= 0.3 is 0 Å². The zero-order valence-corrected chi connectivity index (χ0v) is 7.72. The first-order chi connectivity index (χ1) is 4.66. The Morgan fingerprint density at radius 2 is 2.00 bits per heavy atom. The van der Waals surface area contributed by atoms with E-state index < -0.39 is 0 Å². The topological polar surface area (TPSA) is 0 Å². The number of hydrogen-bond acceptors (Lipinski definition) is 0. The Morgan fingerprint density at radius 1 is 1.40 bits per heavy atom. The van der Waals surface area contributed by atoms with E-state index in [-0.39, 0.29) is 0 Å².